The van der Waals surface area contributed by atoms with Gasteiger partial charge in [-0.15, -0.1) is 0 Å². The standard InChI is InChI=1S/C3H7N.2C2H6.CH4.CH3.Y/c1-3(2)4;2*1-2;;;/h4H,1-2H3;2*1-2H3;1H4;1H3;/q;;;;-1;. The number of nitrogens with one attached hydrogen (secondary N) is 1. The Morgan fingerprint density at radius 2 is 0.909 bits per heavy atom. The Hall–Kier alpha value is 0.774. The summed E-state index contributed by atoms with van der Waals surface area (Å²) in [6, 6.07) is 0. The molecule has 0 atom stereocenters. The minimum absolute atomic E-state index is 0. The summed E-state index contributed by atoms with van der Waals surface area (Å²) in [5.41, 5.74) is 0.667. The molecule has 1 radical (unpaired) electrons. The molecular weight excluding hydrogens is 211 g/mol. The third-order valence-corrected chi connectivity index (χ3v) is 0. The van der Waals surface area contributed by atoms with E-state index in [2.05, 4.69) is 0 Å². The second-order valence-electron chi connectivity index (χ2n) is 1.00. The molecular formula is C9H26NY-. The van der Waals surface area contributed by atoms with Gasteiger partial charge in [0, 0.05) is 38.4 Å². The van der Waals surface area contributed by atoms with Crippen LogP contribution in [0.25, 0.3) is 0 Å². The third-order valence-electron chi connectivity index (χ3n) is 0. The summed E-state index contributed by atoms with van der Waals surface area (Å²) in [5, 5.41) is 6.50. The average Bonchev–Trinajstić information content (AvgIpc) is 1.75. The summed E-state index contributed by atoms with van der Waals surface area (Å²) in [6.45, 7) is 11.5. The van der Waals surface area contributed by atoms with Gasteiger partial charge in [-0.3, -0.25) is 0 Å². The fraction of sp³-hybridized carbons (Fsp3) is 0.778. The Labute approximate surface area is 99.8 Å². The summed E-state index contributed by atoms with van der Waals surface area (Å²) < 4.78 is 0. The minimum atomic E-state index is 0. The molecule has 1 nitrogen and oxygen atoms in total. The van der Waals surface area contributed by atoms with Gasteiger partial charge in [0.1, 0.15) is 0 Å². The minimum Gasteiger partial charge on any atom is -0.358 e. The largest absolute Gasteiger partial charge is 0.358 e. The zero-order chi connectivity index (χ0) is 7.58. The summed E-state index contributed by atoms with van der Waals surface area (Å²) >= 11 is 0. The molecule has 0 saturated carbocycles. The molecule has 0 heterocycles. The Morgan fingerprint density at radius 3 is 0.909 bits per heavy atom. The van der Waals surface area contributed by atoms with Crippen molar-refractivity contribution in [1.29, 1.82) is 5.41 Å². The van der Waals surface area contributed by atoms with Gasteiger partial charge in [-0.2, -0.15) is 0 Å². The maximum absolute atomic E-state index is 6.50. The smallest absolute Gasteiger partial charge is 0.00272 e. The van der Waals surface area contributed by atoms with E-state index in [1.54, 1.807) is 13.8 Å². The average molecular weight is 237 g/mol. The SMILES string of the molecule is C.CC.CC.CC(C)=N.[CH3-].[Y]. The van der Waals surface area contributed by atoms with E-state index in [9.17, 15) is 0 Å². The third kappa shape index (κ3) is 1380. The summed E-state index contributed by atoms with van der Waals surface area (Å²) in [4.78, 5) is 0. The van der Waals surface area contributed by atoms with Crippen LogP contribution in [0.4, 0.5) is 0 Å². The van der Waals surface area contributed by atoms with Crippen LogP contribution in [0.5, 0.6) is 0 Å². The van der Waals surface area contributed by atoms with Crippen molar-refractivity contribution in [3.63, 3.8) is 0 Å². The Balaban J connectivity index is -0.00000000813. The van der Waals surface area contributed by atoms with Crippen LogP contribution in [0.2, 0.25) is 0 Å². The Morgan fingerprint density at radius 1 is 0.909 bits per heavy atom. The molecule has 0 amide bonds. The van der Waals surface area contributed by atoms with Crippen LogP contribution in [0.15, 0.2) is 0 Å². The predicted octanol–water partition coefficient (Wildman–Crippen LogP) is 4.18. The molecule has 0 aromatic carbocycles. The molecule has 0 spiro atoms. The van der Waals surface area contributed by atoms with E-state index >= 15 is 0 Å². The zero-order valence-electron chi connectivity index (χ0n) is 8.58. The van der Waals surface area contributed by atoms with E-state index in [-0.39, 0.29) is 47.6 Å². The van der Waals surface area contributed by atoms with Crippen molar-refractivity contribution in [2.75, 3.05) is 0 Å². The van der Waals surface area contributed by atoms with Gasteiger partial charge in [0.15, 0.2) is 0 Å². The summed E-state index contributed by atoms with van der Waals surface area (Å²) in [6.07, 6.45) is 0. The van der Waals surface area contributed by atoms with E-state index in [1.165, 1.54) is 0 Å². The van der Waals surface area contributed by atoms with Gasteiger partial charge in [-0.25, -0.2) is 0 Å². The number of hydrogen-bond donors (Lipinski definition) is 1. The maximum atomic E-state index is 6.50. The predicted molar refractivity (Wildman–Crippen MR) is 54.9 cm³/mol. The molecule has 0 aromatic rings. The van der Waals surface area contributed by atoms with E-state index in [0.717, 1.165) is 0 Å². The molecule has 0 unspecified atom stereocenters. The molecule has 1 N–H and O–H groups in total. The fourth-order valence-electron chi connectivity index (χ4n) is 0. The molecule has 0 aromatic heterocycles. The van der Waals surface area contributed by atoms with E-state index in [1.807, 2.05) is 27.7 Å². The number of rotatable bonds is 0. The first-order valence-electron chi connectivity index (χ1n) is 3.25. The molecule has 0 saturated heterocycles. The van der Waals surface area contributed by atoms with Gasteiger partial charge in [0.2, 0.25) is 0 Å². The van der Waals surface area contributed by atoms with Gasteiger partial charge >= 0.3 is 0 Å². The van der Waals surface area contributed by atoms with Gasteiger partial charge in [0.25, 0.3) is 0 Å². The fourth-order valence-corrected chi connectivity index (χ4v) is 0. The molecule has 0 aliphatic carbocycles. The van der Waals surface area contributed by atoms with Crippen molar-refractivity contribution in [2.24, 2.45) is 0 Å². The first-order valence-corrected chi connectivity index (χ1v) is 3.25. The van der Waals surface area contributed by atoms with E-state index < -0.39 is 0 Å². The first-order chi connectivity index (χ1) is 3.73. The van der Waals surface area contributed by atoms with Gasteiger partial charge in [0.05, 0.1) is 0 Å². The molecule has 11 heavy (non-hydrogen) atoms. The summed E-state index contributed by atoms with van der Waals surface area (Å²) in [7, 11) is 0. The van der Waals surface area contributed by atoms with Crippen LogP contribution in [0.1, 0.15) is 49.0 Å². The zero-order valence-corrected chi connectivity index (χ0v) is 11.4. The molecule has 2 heteroatoms. The molecule has 71 valence electrons. The Kier molecular flexibility index (Phi) is 269. The van der Waals surface area contributed by atoms with E-state index in [4.69, 9.17) is 5.41 Å². The van der Waals surface area contributed by atoms with Gasteiger partial charge < -0.3 is 12.8 Å². The monoisotopic (exact) mass is 237 g/mol. The first kappa shape index (κ1) is 41.0. The maximum Gasteiger partial charge on any atom is 0.00272 e. The molecule has 0 fully saturated rings. The number of hydrogen-bond acceptors (Lipinski definition) is 1. The second-order valence-corrected chi connectivity index (χ2v) is 1.00. The van der Waals surface area contributed by atoms with Crippen LogP contribution in [0.3, 0.4) is 0 Å². The van der Waals surface area contributed by atoms with Gasteiger partial charge in [-0.1, -0.05) is 35.1 Å². The molecule has 0 aliphatic heterocycles. The van der Waals surface area contributed by atoms with Crippen LogP contribution < -0.4 is 0 Å². The van der Waals surface area contributed by atoms with Crippen molar-refractivity contribution in [3.05, 3.63) is 7.43 Å². The Bertz CT molecular complexity index is 32.5. The molecule has 0 aliphatic rings. The normalized spacial score (nSPS) is 3.45. The molecule has 0 rings (SSSR count). The van der Waals surface area contributed by atoms with Crippen molar-refractivity contribution < 1.29 is 32.7 Å². The van der Waals surface area contributed by atoms with Crippen LogP contribution in [-0.4, -0.2) is 5.71 Å². The van der Waals surface area contributed by atoms with Crippen molar-refractivity contribution >= 4 is 5.71 Å². The van der Waals surface area contributed by atoms with Gasteiger partial charge in [-0.05, 0) is 13.8 Å². The quantitative estimate of drug-likeness (QED) is 0.482. The second kappa shape index (κ2) is 72.3. The van der Waals surface area contributed by atoms with Crippen LogP contribution in [-0.2, 0) is 32.7 Å². The van der Waals surface area contributed by atoms with E-state index in [0.29, 0.717) is 5.71 Å². The topological polar surface area (TPSA) is 23.9 Å². The van der Waals surface area contributed by atoms with Crippen molar-refractivity contribution in [1.82, 2.24) is 0 Å². The van der Waals surface area contributed by atoms with Crippen LogP contribution in [0, 0.1) is 12.8 Å². The van der Waals surface area contributed by atoms with Crippen molar-refractivity contribution in [3.8, 4) is 0 Å². The summed E-state index contributed by atoms with van der Waals surface area (Å²) in [5.74, 6) is 0. The van der Waals surface area contributed by atoms with Crippen LogP contribution >= 0.6 is 0 Å². The molecule has 0 bridgehead atoms. The van der Waals surface area contributed by atoms with Crippen molar-refractivity contribution in [2.45, 2.75) is 49.0 Å².